The lowest BCUT2D eigenvalue weighted by Gasteiger charge is -2.10. The Morgan fingerprint density at radius 3 is 2.87 bits per heavy atom. The molecule has 0 fully saturated rings. The fourth-order valence-electron chi connectivity index (χ4n) is 2.00. The predicted molar refractivity (Wildman–Crippen MR) is 65.0 cm³/mol. The van der Waals surface area contributed by atoms with Gasteiger partial charge in [-0.1, -0.05) is 0 Å². The Morgan fingerprint density at radius 1 is 1.47 bits per heavy atom. The molecule has 2 rings (SSSR count). The van der Waals surface area contributed by atoms with Crippen molar-refractivity contribution in [1.82, 2.24) is 0 Å². The molecule has 1 heterocycles. The van der Waals surface area contributed by atoms with E-state index in [2.05, 4.69) is 12.2 Å². The number of nitrogens with one attached hydrogen (secondary N) is 1. The van der Waals surface area contributed by atoms with Crippen LogP contribution in [0.4, 0.5) is 5.00 Å². The second-order valence-electron chi connectivity index (χ2n) is 3.85. The number of hydrogen-bond donors (Lipinski definition) is 1. The molecule has 1 N–H and O–H groups in total. The number of fused-ring (bicyclic) bond motifs is 1. The number of rotatable bonds is 2. The molecule has 1 amide bonds. The summed E-state index contributed by atoms with van der Waals surface area (Å²) in [5.74, 6) is -0.0829. The van der Waals surface area contributed by atoms with Crippen LogP contribution in [0.25, 0.3) is 0 Å². The molecule has 0 spiro atoms. The van der Waals surface area contributed by atoms with Crippen molar-refractivity contribution in [3.8, 4) is 0 Å². The lowest BCUT2D eigenvalue weighted by molar-refractivity contribution is -0.113. The summed E-state index contributed by atoms with van der Waals surface area (Å²) < 4.78 is 0. The van der Waals surface area contributed by atoms with E-state index in [-0.39, 0.29) is 11.8 Å². The molecule has 0 aliphatic heterocycles. The van der Waals surface area contributed by atoms with E-state index in [1.807, 2.05) is 0 Å². The maximum absolute atomic E-state index is 11.2. The maximum Gasteiger partial charge on any atom is 0.239 e. The molecule has 0 aromatic carbocycles. The molecule has 82 valence electrons. The largest absolute Gasteiger partial charge is 0.316 e. The van der Waals surface area contributed by atoms with Gasteiger partial charge >= 0.3 is 0 Å². The van der Waals surface area contributed by atoms with Crippen molar-refractivity contribution >= 4 is 33.8 Å². The third-order valence-corrected chi connectivity index (χ3v) is 4.36. The number of amides is 1. The molecular formula is C11H14ClNOS. The Kier molecular flexibility index (Phi) is 3.32. The van der Waals surface area contributed by atoms with E-state index in [1.165, 1.54) is 28.8 Å². The van der Waals surface area contributed by atoms with E-state index in [0.717, 1.165) is 17.8 Å². The van der Waals surface area contributed by atoms with Gasteiger partial charge in [-0.2, -0.15) is 0 Å². The molecule has 4 heteroatoms. The van der Waals surface area contributed by atoms with Crippen LogP contribution in [0.2, 0.25) is 0 Å². The van der Waals surface area contributed by atoms with E-state index in [4.69, 9.17) is 11.6 Å². The molecule has 1 aliphatic carbocycles. The number of halogens is 1. The normalized spacial score (nSPS) is 14.8. The summed E-state index contributed by atoms with van der Waals surface area (Å²) >= 11 is 7.19. The Morgan fingerprint density at radius 2 is 2.20 bits per heavy atom. The van der Waals surface area contributed by atoms with Gasteiger partial charge in [0.1, 0.15) is 5.88 Å². The Bertz CT molecular complexity index is 386. The number of hydrogen-bond acceptors (Lipinski definition) is 2. The third-order valence-electron chi connectivity index (χ3n) is 2.81. The molecule has 2 nitrogen and oxygen atoms in total. The Balaban J connectivity index is 2.25. The lowest BCUT2D eigenvalue weighted by atomic mass is 9.96. The standard InChI is InChI=1S/C11H14ClNOS/c1-7-8-4-2-3-5-9(8)15-11(7)13-10(14)6-12/h2-6H2,1H3,(H,13,14). The van der Waals surface area contributed by atoms with Crippen LogP contribution in [0, 0.1) is 6.92 Å². The predicted octanol–water partition coefficient (Wildman–Crippen LogP) is 3.11. The van der Waals surface area contributed by atoms with E-state index >= 15 is 0 Å². The molecule has 0 bridgehead atoms. The second-order valence-corrected chi connectivity index (χ2v) is 5.22. The van der Waals surface area contributed by atoms with Crippen LogP contribution >= 0.6 is 22.9 Å². The van der Waals surface area contributed by atoms with Crippen molar-refractivity contribution in [1.29, 1.82) is 0 Å². The second kappa shape index (κ2) is 4.54. The molecule has 0 radical (unpaired) electrons. The van der Waals surface area contributed by atoms with Crippen LogP contribution in [0.3, 0.4) is 0 Å². The minimum absolute atomic E-state index is 0.0298. The molecule has 0 atom stereocenters. The van der Waals surface area contributed by atoms with E-state index in [1.54, 1.807) is 11.3 Å². The lowest BCUT2D eigenvalue weighted by Crippen LogP contribution is -2.12. The number of carbonyl (C=O) groups is 1. The summed E-state index contributed by atoms with van der Waals surface area (Å²) in [6, 6.07) is 0. The van der Waals surface area contributed by atoms with Gasteiger partial charge < -0.3 is 5.32 Å². The molecule has 1 aromatic heterocycles. The van der Waals surface area contributed by atoms with Gasteiger partial charge in [-0.15, -0.1) is 22.9 Å². The van der Waals surface area contributed by atoms with E-state index < -0.39 is 0 Å². The fourth-order valence-corrected chi connectivity index (χ4v) is 3.38. The maximum atomic E-state index is 11.2. The van der Waals surface area contributed by atoms with Gasteiger partial charge in [-0.25, -0.2) is 0 Å². The number of aryl methyl sites for hydroxylation is 1. The molecule has 0 unspecified atom stereocenters. The summed E-state index contributed by atoms with van der Waals surface area (Å²) in [7, 11) is 0. The van der Waals surface area contributed by atoms with Gasteiger partial charge in [-0.3, -0.25) is 4.79 Å². The Labute approximate surface area is 98.6 Å². The highest BCUT2D eigenvalue weighted by molar-refractivity contribution is 7.16. The number of thiophene rings is 1. The average Bonchev–Trinajstić information content (AvgIpc) is 2.57. The van der Waals surface area contributed by atoms with Crippen molar-refractivity contribution in [2.45, 2.75) is 32.6 Å². The van der Waals surface area contributed by atoms with Crippen LogP contribution < -0.4 is 5.32 Å². The highest BCUT2D eigenvalue weighted by atomic mass is 35.5. The average molecular weight is 244 g/mol. The highest BCUT2D eigenvalue weighted by Crippen LogP contribution is 2.37. The van der Waals surface area contributed by atoms with Crippen LogP contribution in [-0.4, -0.2) is 11.8 Å². The van der Waals surface area contributed by atoms with Gasteiger partial charge in [0, 0.05) is 4.88 Å². The van der Waals surface area contributed by atoms with E-state index in [0.29, 0.717) is 0 Å². The Hall–Kier alpha value is -0.540. The molecule has 1 aliphatic rings. The van der Waals surface area contributed by atoms with Crippen molar-refractivity contribution in [3.63, 3.8) is 0 Å². The minimum atomic E-state index is -0.113. The summed E-state index contributed by atoms with van der Waals surface area (Å²) in [5, 5.41) is 3.86. The first-order valence-electron chi connectivity index (χ1n) is 5.19. The first-order valence-corrected chi connectivity index (χ1v) is 6.54. The number of alkyl halides is 1. The van der Waals surface area contributed by atoms with Crippen molar-refractivity contribution in [2.75, 3.05) is 11.2 Å². The first kappa shape index (κ1) is 11.0. The van der Waals surface area contributed by atoms with Gasteiger partial charge in [0.05, 0.1) is 5.00 Å². The summed E-state index contributed by atoms with van der Waals surface area (Å²) in [6.45, 7) is 2.09. The van der Waals surface area contributed by atoms with Crippen LogP contribution in [-0.2, 0) is 17.6 Å². The molecule has 0 saturated heterocycles. The van der Waals surface area contributed by atoms with Crippen molar-refractivity contribution in [3.05, 3.63) is 16.0 Å². The van der Waals surface area contributed by atoms with E-state index in [9.17, 15) is 4.79 Å². The number of carbonyl (C=O) groups excluding carboxylic acids is 1. The van der Waals surface area contributed by atoms with Crippen LogP contribution in [0.15, 0.2) is 0 Å². The summed E-state index contributed by atoms with van der Waals surface area (Å²) in [6.07, 6.45) is 4.87. The van der Waals surface area contributed by atoms with Gasteiger partial charge in [-0.05, 0) is 43.7 Å². The topological polar surface area (TPSA) is 29.1 Å². The smallest absolute Gasteiger partial charge is 0.239 e. The highest BCUT2D eigenvalue weighted by Gasteiger charge is 2.18. The van der Waals surface area contributed by atoms with Crippen LogP contribution in [0.5, 0.6) is 0 Å². The van der Waals surface area contributed by atoms with Gasteiger partial charge in [0.2, 0.25) is 5.91 Å². The summed E-state index contributed by atoms with van der Waals surface area (Å²) in [5.41, 5.74) is 2.70. The van der Waals surface area contributed by atoms with Crippen molar-refractivity contribution < 1.29 is 4.79 Å². The zero-order valence-electron chi connectivity index (χ0n) is 8.73. The molecule has 1 aromatic rings. The van der Waals surface area contributed by atoms with Gasteiger partial charge in [0.15, 0.2) is 0 Å². The zero-order chi connectivity index (χ0) is 10.8. The zero-order valence-corrected chi connectivity index (χ0v) is 10.3. The minimum Gasteiger partial charge on any atom is -0.316 e. The van der Waals surface area contributed by atoms with Gasteiger partial charge in [0.25, 0.3) is 0 Å². The molecule has 0 saturated carbocycles. The number of anilines is 1. The molecule has 15 heavy (non-hydrogen) atoms. The first-order chi connectivity index (χ1) is 7.22. The fraction of sp³-hybridized carbons (Fsp3) is 0.545. The third kappa shape index (κ3) is 2.18. The van der Waals surface area contributed by atoms with Crippen molar-refractivity contribution in [2.24, 2.45) is 0 Å². The molecular weight excluding hydrogens is 230 g/mol. The SMILES string of the molecule is Cc1c(NC(=O)CCl)sc2c1CCCC2. The monoisotopic (exact) mass is 243 g/mol. The summed E-state index contributed by atoms with van der Waals surface area (Å²) in [4.78, 5) is 12.7. The quantitative estimate of drug-likeness (QED) is 0.795. The van der Waals surface area contributed by atoms with Crippen LogP contribution in [0.1, 0.15) is 28.8 Å².